The summed E-state index contributed by atoms with van der Waals surface area (Å²) < 4.78 is 2.34. The van der Waals surface area contributed by atoms with Crippen LogP contribution in [-0.4, -0.2) is 33.1 Å². The molecule has 0 spiro atoms. The molecule has 6 rings (SSSR count). The summed E-state index contributed by atoms with van der Waals surface area (Å²) in [6.07, 6.45) is 6.88. The summed E-state index contributed by atoms with van der Waals surface area (Å²) in [5.74, 6) is 0.691. The molecule has 3 aromatic rings. The molecule has 5 heteroatoms. The summed E-state index contributed by atoms with van der Waals surface area (Å²) in [6, 6.07) is 10.1. The Balaban J connectivity index is 1.62. The Bertz CT molecular complexity index is 981. The number of fused-ring (bicyclic) bond motifs is 3. The molecule has 1 fully saturated rings. The molecule has 4 nitrogen and oxygen atoms in total. The van der Waals surface area contributed by atoms with Gasteiger partial charge in [0.2, 0.25) is 0 Å². The van der Waals surface area contributed by atoms with Gasteiger partial charge in [0.15, 0.2) is 0 Å². The Hall–Kier alpha value is -1.88. The van der Waals surface area contributed by atoms with Crippen LogP contribution in [0.2, 0.25) is 5.02 Å². The summed E-state index contributed by atoms with van der Waals surface area (Å²) in [7, 11) is 2.24. The lowest BCUT2D eigenvalue weighted by atomic mass is 9.93. The number of hydrogen-bond donors (Lipinski definition) is 1. The van der Waals surface area contributed by atoms with Crippen molar-refractivity contribution in [1.82, 2.24) is 14.5 Å². The van der Waals surface area contributed by atoms with Crippen LogP contribution in [0.4, 0.5) is 0 Å². The van der Waals surface area contributed by atoms with E-state index in [1.54, 1.807) is 0 Å². The Morgan fingerprint density at radius 3 is 2.81 bits per heavy atom. The lowest BCUT2D eigenvalue weighted by Crippen LogP contribution is -2.33. The van der Waals surface area contributed by atoms with Crippen molar-refractivity contribution in [3.8, 4) is 0 Å². The van der Waals surface area contributed by atoms with Crippen LogP contribution in [0.5, 0.6) is 0 Å². The van der Waals surface area contributed by atoms with E-state index >= 15 is 0 Å². The van der Waals surface area contributed by atoms with Gasteiger partial charge in [-0.1, -0.05) is 23.7 Å². The third-order valence-electron chi connectivity index (χ3n) is 6.37. The average molecular weight is 382 g/mol. The summed E-state index contributed by atoms with van der Waals surface area (Å²) >= 11 is 6.00. The number of piperidine rings is 1. The minimum atomic E-state index is -0.561. The largest absolute Gasteiger partial charge is 0.387 e. The molecule has 3 aliphatic rings. The van der Waals surface area contributed by atoms with Crippen LogP contribution in [0.1, 0.15) is 41.8 Å². The molecule has 1 N–H and O–H groups in total. The highest BCUT2D eigenvalue weighted by molar-refractivity contribution is 6.30. The van der Waals surface area contributed by atoms with E-state index in [2.05, 4.69) is 27.6 Å². The van der Waals surface area contributed by atoms with E-state index in [-0.39, 0.29) is 0 Å². The van der Waals surface area contributed by atoms with Crippen molar-refractivity contribution in [2.75, 3.05) is 13.6 Å². The maximum absolute atomic E-state index is 10.9. The number of nitrogens with zero attached hydrogens (tertiary/aromatic N) is 3. The Morgan fingerprint density at radius 1 is 1.22 bits per heavy atom. The van der Waals surface area contributed by atoms with Crippen LogP contribution in [-0.2, 0) is 13.0 Å². The minimum Gasteiger partial charge on any atom is -0.387 e. The molecule has 2 aromatic heterocycles. The first-order chi connectivity index (χ1) is 13.1. The van der Waals surface area contributed by atoms with Crippen LogP contribution >= 0.6 is 11.6 Å². The first-order valence-electron chi connectivity index (χ1n) is 9.70. The van der Waals surface area contributed by atoms with Crippen LogP contribution < -0.4 is 0 Å². The van der Waals surface area contributed by atoms with E-state index in [0.717, 1.165) is 18.5 Å². The zero-order valence-electron chi connectivity index (χ0n) is 15.5. The third-order valence-corrected chi connectivity index (χ3v) is 6.62. The summed E-state index contributed by atoms with van der Waals surface area (Å²) in [4.78, 5) is 6.92. The van der Waals surface area contributed by atoms with Crippen molar-refractivity contribution in [1.29, 1.82) is 0 Å². The Morgan fingerprint density at radius 2 is 2.04 bits per heavy atom. The van der Waals surface area contributed by atoms with Gasteiger partial charge in [0.25, 0.3) is 0 Å². The molecule has 3 atom stereocenters. The fourth-order valence-corrected chi connectivity index (χ4v) is 5.21. The van der Waals surface area contributed by atoms with E-state index in [9.17, 15) is 5.11 Å². The maximum Gasteiger partial charge on any atom is 0.0969 e. The number of hydrogen-bond acceptors (Lipinski definition) is 3. The molecule has 3 unspecified atom stereocenters. The fourth-order valence-electron chi connectivity index (χ4n) is 5.08. The van der Waals surface area contributed by atoms with Gasteiger partial charge < -0.3 is 9.67 Å². The number of halogens is 1. The van der Waals surface area contributed by atoms with Crippen molar-refractivity contribution >= 4 is 22.5 Å². The second kappa shape index (κ2) is 6.62. The lowest BCUT2D eigenvalue weighted by Gasteiger charge is -2.34. The highest BCUT2D eigenvalue weighted by atomic mass is 35.5. The zero-order chi connectivity index (χ0) is 18.5. The minimum absolute atomic E-state index is 0.458. The highest BCUT2D eigenvalue weighted by Gasteiger charge is 2.36. The smallest absolute Gasteiger partial charge is 0.0969 e. The fraction of sp³-hybridized carbons (Fsp3) is 0.409. The van der Waals surface area contributed by atoms with E-state index in [1.807, 2.05) is 36.7 Å². The van der Waals surface area contributed by atoms with Crippen LogP contribution in [0.15, 0.2) is 42.7 Å². The molecule has 4 heterocycles. The van der Waals surface area contributed by atoms with Gasteiger partial charge >= 0.3 is 0 Å². The van der Waals surface area contributed by atoms with Crippen LogP contribution in [0.3, 0.4) is 0 Å². The van der Waals surface area contributed by atoms with Gasteiger partial charge in [0.1, 0.15) is 0 Å². The number of aliphatic hydroxyl groups excluding tert-OH is 1. The molecular formula is C22H24ClN3O. The number of aromatic nitrogens is 2. The zero-order valence-corrected chi connectivity index (χ0v) is 16.2. The predicted molar refractivity (Wildman–Crippen MR) is 108 cm³/mol. The van der Waals surface area contributed by atoms with Gasteiger partial charge in [0.05, 0.1) is 18.2 Å². The molecule has 1 saturated heterocycles. The average Bonchev–Trinajstić information content (AvgIpc) is 2.79. The van der Waals surface area contributed by atoms with Crippen molar-refractivity contribution < 1.29 is 5.11 Å². The quantitative estimate of drug-likeness (QED) is 0.732. The van der Waals surface area contributed by atoms with Crippen molar-refractivity contribution in [3.05, 3.63) is 64.6 Å². The SMILES string of the molecule is CN1CC2CCC1c1c(n(CC(O)c3ccc(Cl)cc3)c3ccncc13)C2. The van der Waals surface area contributed by atoms with Crippen LogP contribution in [0, 0.1) is 5.92 Å². The van der Waals surface area contributed by atoms with E-state index in [0.29, 0.717) is 23.5 Å². The molecule has 2 bridgehead atoms. The van der Waals surface area contributed by atoms with Crippen molar-refractivity contribution in [3.63, 3.8) is 0 Å². The number of benzene rings is 1. The van der Waals surface area contributed by atoms with Gasteiger partial charge in [-0.2, -0.15) is 0 Å². The highest BCUT2D eigenvalue weighted by Crippen LogP contribution is 2.44. The Labute approximate surface area is 164 Å². The second-order valence-electron chi connectivity index (χ2n) is 8.03. The van der Waals surface area contributed by atoms with Gasteiger partial charge in [-0.05, 0) is 61.6 Å². The number of pyridine rings is 1. The van der Waals surface area contributed by atoms with Gasteiger partial charge in [-0.25, -0.2) is 0 Å². The molecule has 2 aliphatic heterocycles. The monoisotopic (exact) mass is 381 g/mol. The second-order valence-corrected chi connectivity index (χ2v) is 8.47. The van der Waals surface area contributed by atoms with Crippen LogP contribution in [0.25, 0.3) is 10.9 Å². The molecule has 1 aromatic carbocycles. The van der Waals surface area contributed by atoms with Crippen molar-refractivity contribution in [2.45, 2.75) is 38.0 Å². The van der Waals surface area contributed by atoms with Crippen molar-refractivity contribution in [2.24, 2.45) is 5.92 Å². The van der Waals surface area contributed by atoms with Gasteiger partial charge in [-0.3, -0.25) is 9.88 Å². The normalized spacial score (nSPS) is 23.4. The molecule has 0 amide bonds. The molecular weight excluding hydrogens is 358 g/mol. The van der Waals surface area contributed by atoms with Gasteiger partial charge in [-0.15, -0.1) is 0 Å². The molecule has 140 valence electrons. The predicted octanol–water partition coefficient (Wildman–Crippen LogP) is 4.36. The lowest BCUT2D eigenvalue weighted by molar-refractivity contribution is 0.149. The first-order valence-corrected chi connectivity index (χ1v) is 10.1. The summed E-state index contributed by atoms with van der Waals surface area (Å²) in [5.41, 5.74) is 4.91. The number of aliphatic hydroxyl groups is 1. The maximum atomic E-state index is 10.9. The summed E-state index contributed by atoms with van der Waals surface area (Å²) in [6.45, 7) is 1.71. The molecule has 1 aliphatic carbocycles. The standard InChI is InChI=1S/C22H24ClN3O/c1-25-12-14-2-7-19(25)22-17-11-24-9-8-18(17)26(20(22)10-14)13-21(27)15-3-5-16(23)6-4-15/h3-6,8-9,11,14,19,21,27H,2,7,10,12-13H2,1H3. The topological polar surface area (TPSA) is 41.3 Å². The van der Waals surface area contributed by atoms with Gasteiger partial charge in [0, 0.05) is 41.1 Å². The summed E-state index contributed by atoms with van der Waals surface area (Å²) in [5, 5.41) is 12.9. The number of rotatable bonds is 3. The van der Waals surface area contributed by atoms with E-state index in [4.69, 9.17) is 11.6 Å². The first kappa shape index (κ1) is 17.2. The molecule has 27 heavy (non-hydrogen) atoms. The van der Waals surface area contributed by atoms with E-state index < -0.39 is 6.10 Å². The molecule has 0 saturated carbocycles. The molecule has 0 radical (unpaired) electrons. The Kier molecular flexibility index (Phi) is 4.23. The van der Waals surface area contributed by atoms with E-state index in [1.165, 1.54) is 35.0 Å². The third kappa shape index (κ3) is 2.87.